The van der Waals surface area contributed by atoms with Crippen LogP contribution in [0.25, 0.3) is 0 Å². The van der Waals surface area contributed by atoms with Gasteiger partial charge in [-0.05, 0) is 62.3 Å². The Balaban J connectivity index is 1.62. The molecule has 0 amide bonds. The average Bonchev–Trinajstić information content (AvgIpc) is 3.23. The molecule has 0 aromatic heterocycles. The van der Waals surface area contributed by atoms with Crippen LogP contribution in [0.2, 0.25) is 0 Å². The summed E-state index contributed by atoms with van der Waals surface area (Å²) in [7, 11) is 9.94. The van der Waals surface area contributed by atoms with E-state index in [1.54, 1.807) is 26.4 Å². The Labute approximate surface area is 206 Å². The first kappa shape index (κ1) is 24.7. The van der Waals surface area contributed by atoms with Crippen LogP contribution in [0, 0.1) is 0 Å². The highest BCUT2D eigenvalue weighted by molar-refractivity contribution is 5.92. The van der Waals surface area contributed by atoms with E-state index >= 15 is 0 Å². The quantitative estimate of drug-likeness (QED) is 0.517. The van der Waals surface area contributed by atoms with Gasteiger partial charge >= 0.3 is 5.97 Å². The van der Waals surface area contributed by atoms with E-state index in [2.05, 4.69) is 30.2 Å². The number of benzene rings is 2. The molecule has 4 rings (SSSR count). The number of methoxy groups -OCH3 is 5. The topological polar surface area (TPSA) is 75.7 Å². The molecule has 0 saturated carbocycles. The molecule has 0 radical (unpaired) electrons. The zero-order valence-electron chi connectivity index (χ0n) is 21.2. The molecular weight excluding hydrogens is 450 g/mol. The first-order valence-corrected chi connectivity index (χ1v) is 11.6. The maximum atomic E-state index is 13.1. The van der Waals surface area contributed by atoms with Crippen LogP contribution in [-0.4, -0.2) is 66.1 Å². The van der Waals surface area contributed by atoms with Crippen LogP contribution < -0.4 is 23.7 Å². The van der Waals surface area contributed by atoms with Crippen LogP contribution >= 0.6 is 0 Å². The van der Waals surface area contributed by atoms with Crippen molar-refractivity contribution < 1.29 is 33.2 Å². The Morgan fingerprint density at radius 1 is 0.857 bits per heavy atom. The highest BCUT2D eigenvalue weighted by atomic mass is 16.5. The number of hydrogen-bond acceptors (Lipinski definition) is 8. The van der Waals surface area contributed by atoms with Gasteiger partial charge in [0, 0.05) is 17.9 Å². The van der Waals surface area contributed by atoms with Gasteiger partial charge in [-0.2, -0.15) is 0 Å². The Morgan fingerprint density at radius 3 is 2.11 bits per heavy atom. The van der Waals surface area contributed by atoms with Gasteiger partial charge in [0.25, 0.3) is 0 Å². The summed E-state index contributed by atoms with van der Waals surface area (Å²) in [6.45, 7) is 0.948. The molecule has 188 valence electrons. The van der Waals surface area contributed by atoms with Gasteiger partial charge in [-0.1, -0.05) is 6.07 Å². The van der Waals surface area contributed by atoms with Crippen LogP contribution in [0.4, 0.5) is 0 Å². The third-order valence-electron chi connectivity index (χ3n) is 7.20. The predicted molar refractivity (Wildman–Crippen MR) is 131 cm³/mol. The molecule has 35 heavy (non-hydrogen) atoms. The summed E-state index contributed by atoms with van der Waals surface area (Å²) in [6, 6.07) is 9.45. The van der Waals surface area contributed by atoms with Gasteiger partial charge in [0.2, 0.25) is 5.75 Å². The predicted octanol–water partition coefficient (Wildman–Crippen LogP) is 4.21. The fourth-order valence-corrected chi connectivity index (χ4v) is 5.32. The lowest BCUT2D eigenvalue weighted by atomic mass is 9.68. The van der Waals surface area contributed by atoms with Gasteiger partial charge < -0.3 is 28.4 Å². The SMILES string of the molecule is COc1ccc([C@@]23CCC(OC(=O)c4cc(OC)c(OC)c(OC)c4)=C[C@@H]2N(C)CC3)cc1OC. The van der Waals surface area contributed by atoms with E-state index in [-0.39, 0.29) is 11.5 Å². The fraction of sp³-hybridized carbons (Fsp3) is 0.444. The van der Waals surface area contributed by atoms with Crippen molar-refractivity contribution in [1.82, 2.24) is 4.90 Å². The lowest BCUT2D eigenvalue weighted by Crippen LogP contribution is -2.42. The van der Waals surface area contributed by atoms with Gasteiger partial charge in [0.1, 0.15) is 5.76 Å². The number of carbonyl (C=O) groups excluding carboxylic acids is 1. The lowest BCUT2D eigenvalue weighted by molar-refractivity contribution is 0.0592. The molecule has 1 aliphatic carbocycles. The summed E-state index contributed by atoms with van der Waals surface area (Å²) in [5.74, 6) is 2.86. The Kier molecular flexibility index (Phi) is 7.12. The molecule has 8 heteroatoms. The second-order valence-corrected chi connectivity index (χ2v) is 8.84. The molecular formula is C27H33NO7. The third-order valence-corrected chi connectivity index (χ3v) is 7.20. The number of nitrogens with zero attached hydrogens (tertiary/aromatic N) is 1. The van der Waals surface area contributed by atoms with Crippen molar-refractivity contribution >= 4 is 5.97 Å². The van der Waals surface area contributed by atoms with Gasteiger partial charge in [0.05, 0.1) is 41.1 Å². The molecule has 2 aliphatic rings. The van der Waals surface area contributed by atoms with Crippen molar-refractivity contribution in [3.05, 3.63) is 53.3 Å². The van der Waals surface area contributed by atoms with Crippen LogP contribution in [-0.2, 0) is 10.2 Å². The summed E-state index contributed by atoms with van der Waals surface area (Å²) in [4.78, 5) is 15.4. The number of fused-ring (bicyclic) bond motifs is 1. The van der Waals surface area contributed by atoms with E-state index in [1.165, 1.54) is 26.9 Å². The molecule has 2 aromatic carbocycles. The molecule has 0 spiro atoms. The molecule has 0 bridgehead atoms. The monoisotopic (exact) mass is 483 g/mol. The van der Waals surface area contributed by atoms with Gasteiger partial charge in [0.15, 0.2) is 23.0 Å². The largest absolute Gasteiger partial charge is 0.493 e. The first-order valence-electron chi connectivity index (χ1n) is 11.6. The second kappa shape index (κ2) is 10.1. The van der Waals surface area contributed by atoms with Gasteiger partial charge in [-0.25, -0.2) is 4.79 Å². The second-order valence-electron chi connectivity index (χ2n) is 8.84. The summed E-state index contributed by atoms with van der Waals surface area (Å²) < 4.78 is 33.0. The molecule has 1 saturated heterocycles. The zero-order chi connectivity index (χ0) is 25.2. The summed E-state index contributed by atoms with van der Waals surface area (Å²) >= 11 is 0. The molecule has 1 aliphatic heterocycles. The van der Waals surface area contributed by atoms with Gasteiger partial charge in [-0.3, -0.25) is 4.90 Å². The van der Waals surface area contributed by atoms with Crippen molar-refractivity contribution in [2.45, 2.75) is 30.7 Å². The number of hydrogen-bond donors (Lipinski definition) is 0. The normalized spacial score (nSPS) is 21.5. The van der Waals surface area contributed by atoms with Crippen LogP contribution in [0.3, 0.4) is 0 Å². The molecule has 1 fully saturated rings. The van der Waals surface area contributed by atoms with E-state index in [9.17, 15) is 4.79 Å². The first-order chi connectivity index (χ1) is 16.9. The van der Waals surface area contributed by atoms with Crippen molar-refractivity contribution in [2.24, 2.45) is 0 Å². The Bertz CT molecular complexity index is 1100. The average molecular weight is 484 g/mol. The molecule has 0 N–H and O–H groups in total. The van der Waals surface area contributed by atoms with E-state index in [0.717, 1.165) is 25.1 Å². The minimum atomic E-state index is -0.463. The Morgan fingerprint density at radius 2 is 1.51 bits per heavy atom. The fourth-order valence-electron chi connectivity index (χ4n) is 5.32. The summed E-state index contributed by atoms with van der Waals surface area (Å²) in [5, 5.41) is 0. The van der Waals surface area contributed by atoms with E-state index in [4.69, 9.17) is 28.4 Å². The number of likely N-dealkylation sites (tertiary alicyclic amines) is 1. The van der Waals surface area contributed by atoms with E-state index in [0.29, 0.717) is 40.7 Å². The van der Waals surface area contributed by atoms with Gasteiger partial charge in [-0.15, -0.1) is 0 Å². The van der Waals surface area contributed by atoms with Crippen LogP contribution in [0.15, 0.2) is 42.2 Å². The number of likely N-dealkylation sites (N-methyl/N-ethyl adjacent to an activating group) is 1. The highest BCUT2D eigenvalue weighted by Crippen LogP contribution is 2.49. The summed E-state index contributed by atoms with van der Waals surface area (Å²) in [6.07, 6.45) is 4.60. The lowest BCUT2D eigenvalue weighted by Gasteiger charge is -2.40. The van der Waals surface area contributed by atoms with Crippen LogP contribution in [0.1, 0.15) is 35.2 Å². The molecule has 8 nitrogen and oxygen atoms in total. The van der Waals surface area contributed by atoms with Crippen LogP contribution in [0.5, 0.6) is 28.7 Å². The number of ether oxygens (including phenoxy) is 6. The number of esters is 1. The number of rotatable bonds is 8. The van der Waals surface area contributed by atoms with Crippen molar-refractivity contribution in [2.75, 3.05) is 49.1 Å². The Hall–Kier alpha value is -3.39. The number of allylic oxidation sites excluding steroid dienone is 1. The summed E-state index contributed by atoms with van der Waals surface area (Å²) in [5.41, 5.74) is 1.45. The standard InChI is InChI=1S/C27H33NO7/c1-28-12-11-27(18-7-8-20(30-2)21(15-18)31-3)10-9-19(16-24(27)28)35-26(29)17-13-22(32-4)25(34-6)23(14-17)33-5/h7-8,13-16,24H,9-12H2,1-6H3/t24-,27-/m0/s1. The van der Waals surface area contributed by atoms with E-state index < -0.39 is 5.97 Å². The van der Waals surface area contributed by atoms with Crippen molar-refractivity contribution in [3.8, 4) is 28.7 Å². The molecule has 2 aromatic rings. The minimum Gasteiger partial charge on any atom is -0.493 e. The smallest absolute Gasteiger partial charge is 0.343 e. The molecule has 2 atom stereocenters. The molecule has 1 heterocycles. The van der Waals surface area contributed by atoms with E-state index in [1.807, 2.05) is 6.07 Å². The third kappa shape index (κ3) is 4.38. The zero-order valence-corrected chi connectivity index (χ0v) is 21.2. The number of carbonyl (C=O) groups is 1. The molecule has 0 unspecified atom stereocenters. The van der Waals surface area contributed by atoms with Crippen molar-refractivity contribution in [1.29, 1.82) is 0 Å². The maximum absolute atomic E-state index is 13.1. The maximum Gasteiger partial charge on any atom is 0.343 e. The van der Waals surface area contributed by atoms with Crippen molar-refractivity contribution in [3.63, 3.8) is 0 Å². The minimum absolute atomic E-state index is 0.0865. The highest BCUT2D eigenvalue weighted by Gasteiger charge is 2.48.